The average molecular weight is 613 g/mol. The normalized spacial score (nSPS) is 16.0. The zero-order chi connectivity index (χ0) is 30.2. The summed E-state index contributed by atoms with van der Waals surface area (Å²) in [6.45, 7) is -3.41. The average Bonchev–Trinajstić information content (AvgIpc) is 3.07. The van der Waals surface area contributed by atoms with Crippen molar-refractivity contribution in [3.63, 3.8) is 0 Å². The molecular weight excluding hydrogens is 583 g/mol. The van der Waals surface area contributed by atoms with Gasteiger partial charge in [0.05, 0.1) is 7.11 Å². The number of benzene rings is 4. The summed E-state index contributed by atoms with van der Waals surface area (Å²) in [5.41, 5.74) is 0.723. The molecule has 1 N–H and O–H groups in total. The van der Waals surface area contributed by atoms with E-state index in [0.29, 0.717) is 11.4 Å². The third kappa shape index (κ3) is 5.87. The van der Waals surface area contributed by atoms with E-state index in [1.54, 1.807) is 24.3 Å². The molecule has 0 unspecified atom stereocenters. The van der Waals surface area contributed by atoms with Crippen molar-refractivity contribution in [3.8, 4) is 5.75 Å². The monoisotopic (exact) mass is 612 g/mol. The van der Waals surface area contributed by atoms with Crippen LogP contribution >= 0.6 is 18.6 Å². The lowest BCUT2D eigenvalue weighted by Gasteiger charge is -2.48. The highest BCUT2D eigenvalue weighted by molar-refractivity contribution is 8.12. The number of nitrogens with zero attached hydrogens (tertiary/aromatic N) is 1. The number of ether oxygens (including phenoxy) is 2. The molecule has 5 rings (SSSR count). The van der Waals surface area contributed by atoms with Gasteiger partial charge in [-0.3, -0.25) is 19.3 Å². The van der Waals surface area contributed by atoms with Crippen molar-refractivity contribution in [2.24, 2.45) is 0 Å². The molecule has 0 bridgehead atoms. The standard InChI is InChI=1S/C33H29N2O6PS/c1-40-33(39)31(35-30(38)29(32(35)43-23-36)34-28(37)22-41-24-14-6-2-7-15-24)42(25-16-8-3-9-17-25,26-18-10-4-11-19-26)27-20-12-5-13-21-27/h2-21,23,29,32H,22H2,1H3,(H,34,37)/t29-,32-/m1/s1. The van der Waals surface area contributed by atoms with Crippen molar-refractivity contribution >= 4 is 63.4 Å². The first-order chi connectivity index (χ1) is 21.0. The number of hydrogen-bond donors (Lipinski definition) is 1. The third-order valence-corrected chi connectivity index (χ3v) is 12.1. The van der Waals surface area contributed by atoms with E-state index in [1.165, 1.54) is 12.0 Å². The second-order valence-corrected chi connectivity index (χ2v) is 13.7. The molecule has 4 aromatic carbocycles. The number of carbonyl (C=O) groups excluding carboxylic acids is 4. The van der Waals surface area contributed by atoms with Crippen molar-refractivity contribution in [3.05, 3.63) is 121 Å². The Kier molecular flexibility index (Phi) is 9.45. The molecule has 0 saturated carbocycles. The molecule has 10 heteroatoms. The van der Waals surface area contributed by atoms with Gasteiger partial charge in [-0.15, -0.1) is 0 Å². The highest BCUT2D eigenvalue weighted by atomic mass is 32.2. The lowest BCUT2D eigenvalue weighted by atomic mass is 10.1. The number of thioether (sulfide) groups is 1. The van der Waals surface area contributed by atoms with Gasteiger partial charge in [-0.05, 0) is 28.0 Å². The number of nitrogens with one attached hydrogen (secondary N) is 1. The summed E-state index contributed by atoms with van der Waals surface area (Å²) in [4.78, 5) is 54.0. The molecule has 4 aromatic rings. The van der Waals surface area contributed by atoms with Gasteiger partial charge in [0, 0.05) is 6.89 Å². The van der Waals surface area contributed by atoms with E-state index in [2.05, 4.69) is 5.32 Å². The summed E-state index contributed by atoms with van der Waals surface area (Å²) >= 11 is 0.811. The van der Waals surface area contributed by atoms with Crippen molar-refractivity contribution < 1.29 is 28.7 Å². The van der Waals surface area contributed by atoms with Gasteiger partial charge in [-0.2, -0.15) is 0 Å². The Hall–Kier alpha value is -4.59. The molecule has 1 aliphatic rings. The first-order valence-corrected chi connectivity index (χ1v) is 16.2. The Morgan fingerprint density at radius 2 is 1.28 bits per heavy atom. The summed E-state index contributed by atoms with van der Waals surface area (Å²) < 4.78 is 10.9. The Morgan fingerprint density at radius 3 is 1.72 bits per heavy atom. The highest BCUT2D eigenvalue weighted by Gasteiger charge is 2.54. The lowest BCUT2D eigenvalue weighted by Crippen LogP contribution is -2.72. The summed E-state index contributed by atoms with van der Waals surface area (Å²) in [5.74, 6) is -1.26. The van der Waals surface area contributed by atoms with Crippen LogP contribution in [-0.2, 0) is 23.9 Å². The maximum absolute atomic E-state index is 14.0. The van der Waals surface area contributed by atoms with Crippen LogP contribution in [0.3, 0.4) is 0 Å². The van der Waals surface area contributed by atoms with Crippen LogP contribution in [0.1, 0.15) is 0 Å². The van der Waals surface area contributed by atoms with Gasteiger partial charge in [0.25, 0.3) is 11.8 Å². The quantitative estimate of drug-likeness (QED) is 0.120. The SMILES string of the molecule is COC(=O)C(N1C(=O)[C@@H](NC(=O)COc2ccccc2)[C@H]1SC=O)=P(c1ccccc1)(c1ccccc1)c1ccccc1. The van der Waals surface area contributed by atoms with E-state index in [-0.39, 0.29) is 12.0 Å². The predicted molar refractivity (Wildman–Crippen MR) is 171 cm³/mol. The minimum Gasteiger partial charge on any atom is -0.484 e. The zero-order valence-corrected chi connectivity index (χ0v) is 24.9. The molecule has 2 atom stereocenters. The van der Waals surface area contributed by atoms with Crippen LogP contribution < -0.4 is 26.0 Å². The molecule has 1 fully saturated rings. The molecule has 0 radical (unpaired) electrons. The first-order valence-electron chi connectivity index (χ1n) is 13.4. The number of hydrogen-bond acceptors (Lipinski definition) is 7. The van der Waals surface area contributed by atoms with E-state index in [1.807, 2.05) is 97.1 Å². The fourth-order valence-corrected chi connectivity index (χ4v) is 10.4. The number of rotatable bonds is 11. The number of para-hydroxylation sites is 1. The predicted octanol–water partition coefficient (Wildman–Crippen LogP) is 2.94. The van der Waals surface area contributed by atoms with E-state index in [0.717, 1.165) is 27.7 Å². The van der Waals surface area contributed by atoms with E-state index in [4.69, 9.17) is 9.47 Å². The van der Waals surface area contributed by atoms with Gasteiger partial charge in [0.1, 0.15) is 22.6 Å². The Balaban J connectivity index is 1.67. The lowest BCUT2D eigenvalue weighted by molar-refractivity contribution is -0.145. The van der Waals surface area contributed by atoms with Gasteiger partial charge in [-0.25, -0.2) is 4.79 Å². The van der Waals surface area contributed by atoms with E-state index < -0.39 is 36.1 Å². The number of β-lactam (4-membered cyclic amide) rings is 1. The Bertz CT molecular complexity index is 1550. The van der Waals surface area contributed by atoms with Crippen LogP contribution in [0, 0.1) is 0 Å². The largest absolute Gasteiger partial charge is 0.484 e. The van der Waals surface area contributed by atoms with Crippen LogP contribution in [0.4, 0.5) is 0 Å². The zero-order valence-electron chi connectivity index (χ0n) is 23.2. The highest BCUT2D eigenvalue weighted by Crippen LogP contribution is 2.49. The molecule has 218 valence electrons. The fraction of sp³-hybridized carbons (Fsp3) is 0.121. The second kappa shape index (κ2) is 13.6. The first kappa shape index (κ1) is 29.9. The number of esters is 1. The topological polar surface area (TPSA) is 102 Å². The molecule has 0 spiro atoms. The number of amides is 2. The van der Waals surface area contributed by atoms with Crippen molar-refractivity contribution in [2.45, 2.75) is 11.4 Å². The molecule has 2 amide bonds. The maximum atomic E-state index is 14.0. The molecule has 1 aliphatic heterocycles. The van der Waals surface area contributed by atoms with Crippen molar-refractivity contribution in [1.29, 1.82) is 0 Å². The Morgan fingerprint density at radius 1 is 0.814 bits per heavy atom. The van der Waals surface area contributed by atoms with Crippen LogP contribution in [-0.4, -0.2) is 58.9 Å². The number of carbonyl (C=O) groups is 4. The minimum atomic E-state index is -3.09. The molecule has 1 heterocycles. The fourth-order valence-electron chi connectivity index (χ4n) is 5.16. The summed E-state index contributed by atoms with van der Waals surface area (Å²) in [6, 6.07) is 36.3. The molecule has 43 heavy (non-hydrogen) atoms. The van der Waals surface area contributed by atoms with E-state index >= 15 is 0 Å². The van der Waals surface area contributed by atoms with Crippen LogP contribution in [0.5, 0.6) is 5.75 Å². The molecule has 8 nitrogen and oxygen atoms in total. The number of likely N-dealkylation sites (tertiary alicyclic amines) is 1. The smallest absolute Gasteiger partial charge is 0.355 e. The molecule has 0 aromatic heterocycles. The molecular formula is C33H29N2O6PS. The van der Waals surface area contributed by atoms with Crippen LogP contribution in [0.25, 0.3) is 0 Å². The van der Waals surface area contributed by atoms with Crippen molar-refractivity contribution in [1.82, 2.24) is 10.2 Å². The van der Waals surface area contributed by atoms with Gasteiger partial charge in [0.15, 0.2) is 12.2 Å². The maximum Gasteiger partial charge on any atom is 0.355 e. The third-order valence-electron chi connectivity index (χ3n) is 7.01. The van der Waals surface area contributed by atoms with Crippen LogP contribution in [0.2, 0.25) is 0 Å². The Labute approximate surface area is 254 Å². The summed E-state index contributed by atoms with van der Waals surface area (Å²) in [5, 5.41) is 4.26. The molecule has 0 aliphatic carbocycles. The van der Waals surface area contributed by atoms with E-state index in [9.17, 15) is 19.2 Å². The van der Waals surface area contributed by atoms with Gasteiger partial charge in [-0.1, -0.05) is 121 Å². The van der Waals surface area contributed by atoms with Crippen LogP contribution in [0.15, 0.2) is 121 Å². The molecule has 1 saturated heterocycles. The van der Waals surface area contributed by atoms with Gasteiger partial charge < -0.3 is 14.8 Å². The van der Waals surface area contributed by atoms with Gasteiger partial charge in [0.2, 0.25) is 0 Å². The minimum absolute atomic E-state index is 0.119. The second-order valence-electron chi connectivity index (χ2n) is 9.47. The summed E-state index contributed by atoms with van der Waals surface area (Å²) in [7, 11) is 1.27. The summed E-state index contributed by atoms with van der Waals surface area (Å²) in [6.07, 6.45) is 0. The van der Waals surface area contributed by atoms with Crippen molar-refractivity contribution in [2.75, 3.05) is 13.7 Å². The number of methoxy groups -OCH3 is 1. The van der Waals surface area contributed by atoms with Gasteiger partial charge >= 0.3 is 5.97 Å².